The molecule has 4 atom stereocenters. The molecule has 1 spiro atoms. The predicted molar refractivity (Wildman–Crippen MR) is 96.8 cm³/mol. The number of nitrogens with zero attached hydrogens (tertiary/aromatic N) is 1. The number of thioether (sulfide) groups is 1. The number of carbonyl (C=O) groups excluding carboxylic acids is 1. The monoisotopic (exact) mass is 362 g/mol. The van der Waals surface area contributed by atoms with Crippen LogP contribution in [-0.4, -0.2) is 59.7 Å². The zero-order valence-corrected chi connectivity index (χ0v) is 15.3. The molecular weight excluding hydrogens is 336 g/mol. The maximum atomic E-state index is 12.2. The Hall–Kier alpha value is -0.980. The van der Waals surface area contributed by atoms with E-state index in [9.17, 15) is 4.79 Å². The van der Waals surface area contributed by atoms with E-state index in [0.29, 0.717) is 30.2 Å². The molecule has 25 heavy (non-hydrogen) atoms. The first-order valence-electron chi connectivity index (χ1n) is 9.56. The molecule has 4 fully saturated rings. The first kappa shape index (κ1) is 16.2. The number of likely N-dealkylation sites (tertiary alicyclic amines) is 1. The van der Waals surface area contributed by atoms with Gasteiger partial charge in [-0.05, 0) is 49.3 Å². The van der Waals surface area contributed by atoms with Gasteiger partial charge in [0.25, 0.3) is 5.91 Å². The van der Waals surface area contributed by atoms with Gasteiger partial charge >= 0.3 is 0 Å². The number of amides is 1. The Labute approximate surface area is 152 Å². The molecule has 136 valence electrons. The van der Waals surface area contributed by atoms with Crippen LogP contribution in [-0.2, 0) is 4.74 Å². The summed E-state index contributed by atoms with van der Waals surface area (Å²) < 4.78 is 11.7. The Morgan fingerprint density at radius 3 is 3.04 bits per heavy atom. The van der Waals surface area contributed by atoms with Crippen LogP contribution in [0, 0.1) is 11.8 Å². The van der Waals surface area contributed by atoms with Crippen LogP contribution >= 0.6 is 11.8 Å². The van der Waals surface area contributed by atoms with Gasteiger partial charge in [0.1, 0.15) is 0 Å². The Morgan fingerprint density at radius 2 is 2.24 bits per heavy atom. The minimum absolute atomic E-state index is 0.0648. The van der Waals surface area contributed by atoms with Crippen molar-refractivity contribution in [2.75, 3.05) is 31.1 Å². The molecule has 0 aliphatic carbocycles. The zero-order valence-electron chi connectivity index (χ0n) is 14.5. The first-order valence-corrected chi connectivity index (χ1v) is 10.7. The largest absolute Gasteiger partial charge is 0.459 e. The summed E-state index contributed by atoms with van der Waals surface area (Å²) in [5.74, 6) is 3.89. The minimum atomic E-state index is -0.110. The van der Waals surface area contributed by atoms with Crippen LogP contribution in [0.3, 0.4) is 0 Å². The Morgan fingerprint density at radius 1 is 1.36 bits per heavy atom. The number of nitrogens with one attached hydrogen (secondary N) is 1. The van der Waals surface area contributed by atoms with Gasteiger partial charge in [-0.15, -0.1) is 0 Å². The maximum absolute atomic E-state index is 12.2. The van der Waals surface area contributed by atoms with Gasteiger partial charge in [0.15, 0.2) is 5.76 Å². The second kappa shape index (κ2) is 6.32. The van der Waals surface area contributed by atoms with E-state index in [1.54, 1.807) is 18.4 Å². The van der Waals surface area contributed by atoms with E-state index in [1.807, 2.05) is 0 Å². The van der Waals surface area contributed by atoms with Crippen LogP contribution in [0.2, 0.25) is 0 Å². The Balaban J connectivity index is 1.26. The summed E-state index contributed by atoms with van der Waals surface area (Å²) in [7, 11) is 0. The van der Waals surface area contributed by atoms with E-state index in [0.717, 1.165) is 25.6 Å². The highest BCUT2D eigenvalue weighted by atomic mass is 32.2. The molecule has 6 heteroatoms. The molecular formula is C19H26N2O3S. The molecule has 1 aromatic rings. The Bertz CT molecular complexity index is 631. The molecule has 0 unspecified atom stereocenters. The van der Waals surface area contributed by atoms with Crippen molar-refractivity contribution in [3.8, 4) is 0 Å². The summed E-state index contributed by atoms with van der Waals surface area (Å²) in [6.07, 6.45) is 6.84. The van der Waals surface area contributed by atoms with Gasteiger partial charge in [-0.3, -0.25) is 9.69 Å². The predicted octanol–water partition coefficient (Wildman–Crippen LogP) is 2.38. The highest BCUT2D eigenvalue weighted by Crippen LogP contribution is 2.55. The van der Waals surface area contributed by atoms with Gasteiger partial charge in [-0.1, -0.05) is 0 Å². The van der Waals surface area contributed by atoms with Crippen molar-refractivity contribution < 1.29 is 13.9 Å². The summed E-state index contributed by atoms with van der Waals surface area (Å²) in [6.45, 7) is 2.95. The van der Waals surface area contributed by atoms with Gasteiger partial charge in [-0.25, -0.2) is 0 Å². The van der Waals surface area contributed by atoms with Crippen molar-refractivity contribution in [2.45, 2.75) is 43.4 Å². The molecule has 5 rings (SSSR count). The quantitative estimate of drug-likeness (QED) is 0.891. The molecule has 5 nitrogen and oxygen atoms in total. The van der Waals surface area contributed by atoms with Crippen LogP contribution in [0.15, 0.2) is 22.8 Å². The van der Waals surface area contributed by atoms with Gasteiger partial charge in [-0.2, -0.15) is 11.8 Å². The average Bonchev–Trinajstić information content (AvgIpc) is 3.40. The standard InChI is InChI=1S/C19H26N2O3S/c22-18(17-2-1-7-23-17)20-10-14-15-11-21(13-4-8-25-9-5-13)12-19(15)6-3-16(14)24-19/h1-2,7,13-16H,3-6,8-12H2,(H,20,22)/t14-,15+,16+,19+/m0/s1. The van der Waals surface area contributed by atoms with E-state index in [1.165, 1.54) is 30.8 Å². The Kier molecular flexibility index (Phi) is 4.10. The number of ether oxygens (including phenoxy) is 1. The first-order chi connectivity index (χ1) is 12.3. The lowest BCUT2D eigenvalue weighted by molar-refractivity contribution is -0.00151. The third kappa shape index (κ3) is 2.73. The van der Waals surface area contributed by atoms with Gasteiger partial charge in [0.05, 0.1) is 18.0 Å². The normalized spacial score (nSPS) is 38.2. The SMILES string of the molecule is O=C(NC[C@H]1[C@H]2CN(C3CCSCC3)C[C@]23CC[C@H]1O3)c1ccco1. The lowest BCUT2D eigenvalue weighted by Gasteiger charge is -2.32. The van der Waals surface area contributed by atoms with E-state index in [-0.39, 0.29) is 11.5 Å². The summed E-state index contributed by atoms with van der Waals surface area (Å²) in [5.41, 5.74) is 0.0648. The van der Waals surface area contributed by atoms with Gasteiger partial charge < -0.3 is 14.5 Å². The van der Waals surface area contributed by atoms with Gasteiger partial charge in [0, 0.05) is 37.5 Å². The van der Waals surface area contributed by atoms with E-state index in [2.05, 4.69) is 22.0 Å². The third-order valence-electron chi connectivity index (χ3n) is 6.76. The van der Waals surface area contributed by atoms with Crippen LogP contribution in [0.25, 0.3) is 0 Å². The number of hydrogen-bond acceptors (Lipinski definition) is 5. The number of carbonyl (C=O) groups is 1. The fourth-order valence-corrected chi connectivity index (χ4v) is 6.61. The van der Waals surface area contributed by atoms with E-state index in [4.69, 9.17) is 9.15 Å². The highest BCUT2D eigenvalue weighted by molar-refractivity contribution is 7.99. The third-order valence-corrected chi connectivity index (χ3v) is 7.81. The van der Waals surface area contributed by atoms with Crippen LogP contribution < -0.4 is 5.32 Å². The summed E-state index contributed by atoms with van der Waals surface area (Å²) >= 11 is 2.09. The lowest BCUT2D eigenvalue weighted by atomic mass is 9.73. The van der Waals surface area contributed by atoms with Crippen molar-refractivity contribution in [2.24, 2.45) is 11.8 Å². The van der Waals surface area contributed by atoms with Crippen molar-refractivity contribution in [3.05, 3.63) is 24.2 Å². The van der Waals surface area contributed by atoms with Crippen molar-refractivity contribution >= 4 is 17.7 Å². The fourth-order valence-electron chi connectivity index (χ4n) is 5.53. The molecule has 4 aliphatic rings. The second-order valence-corrected chi connectivity index (χ2v) is 9.22. The van der Waals surface area contributed by atoms with E-state index >= 15 is 0 Å². The number of fused-ring (bicyclic) bond motifs is 1. The molecule has 1 amide bonds. The van der Waals surface area contributed by atoms with Gasteiger partial charge in [0.2, 0.25) is 0 Å². The molecule has 2 bridgehead atoms. The highest BCUT2D eigenvalue weighted by Gasteiger charge is 2.63. The zero-order chi connectivity index (χ0) is 16.9. The topological polar surface area (TPSA) is 54.7 Å². The molecule has 5 heterocycles. The summed E-state index contributed by atoms with van der Waals surface area (Å²) in [4.78, 5) is 14.9. The summed E-state index contributed by atoms with van der Waals surface area (Å²) in [5, 5.41) is 3.08. The molecule has 0 radical (unpaired) electrons. The molecule has 4 saturated heterocycles. The fraction of sp³-hybridized carbons (Fsp3) is 0.737. The average molecular weight is 362 g/mol. The van der Waals surface area contributed by atoms with Crippen LogP contribution in [0.5, 0.6) is 0 Å². The molecule has 1 aromatic heterocycles. The smallest absolute Gasteiger partial charge is 0.286 e. The number of rotatable bonds is 4. The lowest BCUT2D eigenvalue weighted by Crippen LogP contribution is -2.41. The molecule has 4 aliphatic heterocycles. The second-order valence-electron chi connectivity index (χ2n) is 7.99. The van der Waals surface area contributed by atoms with Crippen molar-refractivity contribution in [1.29, 1.82) is 0 Å². The molecule has 0 saturated carbocycles. The van der Waals surface area contributed by atoms with Crippen molar-refractivity contribution in [3.63, 3.8) is 0 Å². The molecule has 1 N–H and O–H groups in total. The number of hydrogen-bond donors (Lipinski definition) is 1. The minimum Gasteiger partial charge on any atom is -0.459 e. The van der Waals surface area contributed by atoms with Crippen LogP contribution in [0.1, 0.15) is 36.2 Å². The van der Waals surface area contributed by atoms with Crippen molar-refractivity contribution in [1.82, 2.24) is 10.2 Å². The molecule has 0 aromatic carbocycles. The van der Waals surface area contributed by atoms with E-state index < -0.39 is 0 Å². The van der Waals surface area contributed by atoms with Crippen LogP contribution in [0.4, 0.5) is 0 Å². The number of furan rings is 1. The maximum Gasteiger partial charge on any atom is 0.286 e. The summed E-state index contributed by atoms with van der Waals surface area (Å²) in [6, 6.07) is 4.20.